The summed E-state index contributed by atoms with van der Waals surface area (Å²) in [4.78, 5) is 14.6. The largest absolute Gasteiger partial charge is 0.495 e. The van der Waals surface area contributed by atoms with E-state index in [1.807, 2.05) is 12.1 Å². The smallest absolute Gasteiger partial charge is 0.255 e. The van der Waals surface area contributed by atoms with Crippen LogP contribution in [-0.2, 0) is 10.0 Å². The van der Waals surface area contributed by atoms with Gasteiger partial charge in [-0.2, -0.15) is 0 Å². The van der Waals surface area contributed by atoms with E-state index in [0.29, 0.717) is 11.3 Å². The summed E-state index contributed by atoms with van der Waals surface area (Å²) >= 11 is 0. The van der Waals surface area contributed by atoms with Crippen LogP contribution in [0.3, 0.4) is 0 Å². The summed E-state index contributed by atoms with van der Waals surface area (Å²) in [5, 5.41) is 7.90. The first kappa shape index (κ1) is 21.7. The molecule has 0 spiro atoms. The number of anilines is 2. The third-order valence-corrected chi connectivity index (χ3v) is 5.32. The van der Waals surface area contributed by atoms with Crippen molar-refractivity contribution in [2.45, 2.75) is 31.6 Å². The van der Waals surface area contributed by atoms with Crippen LogP contribution >= 0.6 is 0 Å². The highest BCUT2D eigenvalue weighted by atomic mass is 32.2. The molecule has 0 radical (unpaired) electrons. The number of hydrogen-bond donors (Lipinski definition) is 2. The third kappa shape index (κ3) is 5.46. The van der Waals surface area contributed by atoms with Crippen LogP contribution in [0.2, 0.25) is 0 Å². The Bertz CT molecular complexity index is 912. The summed E-state index contributed by atoms with van der Waals surface area (Å²) in [6, 6.07) is 11.6. The molecule has 0 saturated heterocycles. The molecule has 0 aliphatic carbocycles. The Labute approximate surface area is 166 Å². The molecule has 0 bridgehead atoms. The fourth-order valence-electron chi connectivity index (χ4n) is 2.82. The molecule has 2 aromatic carbocycles. The molecule has 3 N–H and O–H groups in total. The van der Waals surface area contributed by atoms with E-state index >= 15 is 0 Å². The monoisotopic (exact) mass is 405 g/mol. The van der Waals surface area contributed by atoms with Crippen LogP contribution in [0.15, 0.2) is 47.4 Å². The zero-order chi connectivity index (χ0) is 20.7. The number of sulfonamides is 1. The lowest BCUT2D eigenvalue weighted by atomic mass is 10.1. The van der Waals surface area contributed by atoms with Crippen LogP contribution in [0.5, 0.6) is 5.75 Å². The molecule has 0 fully saturated rings. The molecule has 2 aromatic rings. The second-order valence-corrected chi connectivity index (χ2v) is 7.87. The van der Waals surface area contributed by atoms with Gasteiger partial charge in [-0.15, -0.1) is 0 Å². The Hall–Kier alpha value is -2.58. The second kappa shape index (κ2) is 9.57. The van der Waals surface area contributed by atoms with E-state index in [-0.39, 0.29) is 16.6 Å². The maximum atomic E-state index is 12.5. The van der Waals surface area contributed by atoms with Gasteiger partial charge in [0.15, 0.2) is 0 Å². The minimum absolute atomic E-state index is 0.122. The van der Waals surface area contributed by atoms with Crippen molar-refractivity contribution in [1.29, 1.82) is 0 Å². The lowest BCUT2D eigenvalue weighted by molar-refractivity contribution is 0.102. The molecule has 7 nitrogen and oxygen atoms in total. The van der Waals surface area contributed by atoms with Crippen molar-refractivity contribution in [3.8, 4) is 5.75 Å². The van der Waals surface area contributed by atoms with Gasteiger partial charge in [-0.05, 0) is 55.8 Å². The molecule has 0 unspecified atom stereocenters. The Morgan fingerprint density at radius 3 is 2.36 bits per heavy atom. The van der Waals surface area contributed by atoms with E-state index < -0.39 is 10.0 Å². The van der Waals surface area contributed by atoms with Crippen LogP contribution in [0, 0.1) is 0 Å². The van der Waals surface area contributed by atoms with E-state index in [1.54, 1.807) is 18.2 Å². The minimum Gasteiger partial charge on any atom is -0.495 e. The number of hydrogen-bond acceptors (Lipinski definition) is 5. The molecule has 2 rings (SSSR count). The van der Waals surface area contributed by atoms with E-state index in [2.05, 4.69) is 24.1 Å². The number of ether oxygens (including phenoxy) is 1. The predicted octanol–water partition coefficient (Wildman–Crippen LogP) is 3.22. The highest BCUT2D eigenvalue weighted by molar-refractivity contribution is 7.89. The zero-order valence-electron chi connectivity index (χ0n) is 16.4. The highest BCUT2D eigenvalue weighted by Crippen LogP contribution is 2.26. The Kier molecular flexibility index (Phi) is 7.42. The van der Waals surface area contributed by atoms with Crippen molar-refractivity contribution in [3.63, 3.8) is 0 Å². The van der Waals surface area contributed by atoms with E-state index in [1.165, 1.54) is 19.2 Å². The molecule has 152 valence electrons. The number of primary sulfonamides is 1. The number of unbranched alkanes of at least 4 members (excludes halogenated alkanes) is 1. The first-order chi connectivity index (χ1) is 13.3. The Balaban J connectivity index is 2.17. The SMILES string of the molecule is CCCCN(CC)c1ccc(C(=O)Nc2ccc(OC)c(S(N)(=O)=O)c2)cc1. The summed E-state index contributed by atoms with van der Waals surface area (Å²) in [7, 11) is -2.63. The molecule has 0 saturated carbocycles. The lowest BCUT2D eigenvalue weighted by Crippen LogP contribution is -2.23. The van der Waals surface area contributed by atoms with Gasteiger partial charge < -0.3 is 15.0 Å². The molecule has 0 heterocycles. The minimum atomic E-state index is -3.98. The molecule has 0 atom stereocenters. The fraction of sp³-hybridized carbons (Fsp3) is 0.350. The summed E-state index contributed by atoms with van der Waals surface area (Å²) in [6.07, 6.45) is 2.24. The number of amides is 1. The van der Waals surface area contributed by atoms with Gasteiger partial charge in [0.05, 0.1) is 7.11 Å². The molecule has 28 heavy (non-hydrogen) atoms. The van der Waals surface area contributed by atoms with Crippen LogP contribution in [0.25, 0.3) is 0 Å². The molecular formula is C20H27N3O4S. The van der Waals surface area contributed by atoms with Gasteiger partial charge >= 0.3 is 0 Å². The number of rotatable bonds is 9. The number of nitrogens with two attached hydrogens (primary N) is 1. The average Bonchev–Trinajstić information content (AvgIpc) is 2.68. The molecule has 1 amide bonds. The van der Waals surface area contributed by atoms with Crippen molar-refractivity contribution in [2.75, 3.05) is 30.4 Å². The summed E-state index contributed by atoms with van der Waals surface area (Å²) in [5.41, 5.74) is 1.86. The van der Waals surface area contributed by atoms with Gasteiger partial charge in [0.25, 0.3) is 5.91 Å². The summed E-state index contributed by atoms with van der Waals surface area (Å²) in [6.45, 7) is 6.12. The van der Waals surface area contributed by atoms with Crippen molar-refractivity contribution >= 4 is 27.3 Å². The van der Waals surface area contributed by atoms with Gasteiger partial charge in [-0.25, -0.2) is 13.6 Å². The summed E-state index contributed by atoms with van der Waals surface area (Å²) in [5.74, 6) is -0.217. The predicted molar refractivity (Wildman–Crippen MR) is 112 cm³/mol. The van der Waals surface area contributed by atoms with Crippen molar-refractivity contribution in [3.05, 3.63) is 48.0 Å². The topological polar surface area (TPSA) is 102 Å². The number of methoxy groups -OCH3 is 1. The third-order valence-electron chi connectivity index (χ3n) is 4.39. The van der Waals surface area contributed by atoms with Crippen LogP contribution < -0.4 is 20.1 Å². The lowest BCUT2D eigenvalue weighted by Gasteiger charge is -2.23. The quantitative estimate of drug-likeness (QED) is 0.667. The fourth-order valence-corrected chi connectivity index (χ4v) is 3.55. The van der Waals surface area contributed by atoms with E-state index in [4.69, 9.17) is 9.88 Å². The number of nitrogens with zero attached hydrogens (tertiary/aromatic N) is 1. The highest BCUT2D eigenvalue weighted by Gasteiger charge is 2.17. The van der Waals surface area contributed by atoms with E-state index in [9.17, 15) is 13.2 Å². The average molecular weight is 406 g/mol. The molecular weight excluding hydrogens is 378 g/mol. The molecule has 0 aliphatic heterocycles. The van der Waals surface area contributed by atoms with Gasteiger partial charge in [-0.1, -0.05) is 13.3 Å². The first-order valence-electron chi connectivity index (χ1n) is 9.17. The van der Waals surface area contributed by atoms with Crippen LogP contribution in [-0.4, -0.2) is 34.5 Å². The van der Waals surface area contributed by atoms with Crippen molar-refractivity contribution in [1.82, 2.24) is 0 Å². The van der Waals surface area contributed by atoms with Crippen molar-refractivity contribution < 1.29 is 17.9 Å². The Morgan fingerprint density at radius 1 is 1.14 bits per heavy atom. The van der Waals surface area contributed by atoms with Gasteiger partial charge in [-0.3, -0.25) is 4.79 Å². The normalized spacial score (nSPS) is 11.1. The standard InChI is InChI=1S/C20H27N3O4S/c1-4-6-13-23(5-2)17-10-7-15(8-11-17)20(24)22-16-9-12-18(27-3)19(14-16)28(21,25)26/h7-12,14H,4-6,13H2,1-3H3,(H,22,24)(H2,21,25,26). The van der Waals surface area contributed by atoms with Crippen molar-refractivity contribution in [2.24, 2.45) is 5.14 Å². The number of carbonyl (C=O) groups excluding carboxylic acids is 1. The summed E-state index contributed by atoms with van der Waals surface area (Å²) < 4.78 is 28.4. The number of carbonyl (C=O) groups is 1. The maximum Gasteiger partial charge on any atom is 0.255 e. The van der Waals surface area contributed by atoms with Gasteiger partial charge in [0.2, 0.25) is 10.0 Å². The van der Waals surface area contributed by atoms with Gasteiger partial charge in [0.1, 0.15) is 10.6 Å². The Morgan fingerprint density at radius 2 is 1.82 bits per heavy atom. The molecule has 8 heteroatoms. The van der Waals surface area contributed by atoms with Crippen LogP contribution in [0.1, 0.15) is 37.0 Å². The van der Waals surface area contributed by atoms with Crippen LogP contribution in [0.4, 0.5) is 11.4 Å². The molecule has 0 aliphatic rings. The maximum absolute atomic E-state index is 12.5. The number of nitrogens with one attached hydrogen (secondary N) is 1. The van der Waals surface area contributed by atoms with Gasteiger partial charge in [0, 0.05) is 30.0 Å². The van der Waals surface area contributed by atoms with E-state index in [0.717, 1.165) is 31.6 Å². The zero-order valence-corrected chi connectivity index (χ0v) is 17.3. The molecule has 0 aromatic heterocycles. The number of benzene rings is 2. The first-order valence-corrected chi connectivity index (χ1v) is 10.7. The second-order valence-electron chi connectivity index (χ2n) is 6.34.